The predicted molar refractivity (Wildman–Crippen MR) is 108 cm³/mol. The highest BCUT2D eigenvalue weighted by Gasteiger charge is 2.22. The number of nitrogens with one attached hydrogen (secondary N) is 1. The molecule has 1 amide bonds. The summed E-state index contributed by atoms with van der Waals surface area (Å²) in [6.45, 7) is 0. The minimum absolute atomic E-state index is 0.0939. The van der Waals surface area contributed by atoms with Gasteiger partial charge < -0.3 is 9.88 Å². The van der Waals surface area contributed by atoms with E-state index in [-0.39, 0.29) is 11.9 Å². The Morgan fingerprint density at radius 1 is 0.926 bits per heavy atom. The third-order valence-corrected chi connectivity index (χ3v) is 4.76. The highest BCUT2D eigenvalue weighted by Crippen LogP contribution is 2.23. The van der Waals surface area contributed by atoms with Crippen LogP contribution >= 0.6 is 0 Å². The molecule has 0 fully saturated rings. The van der Waals surface area contributed by atoms with Gasteiger partial charge >= 0.3 is 0 Å². The quantitative estimate of drug-likeness (QED) is 0.581. The summed E-state index contributed by atoms with van der Waals surface area (Å²) in [5.74, 6) is 0.757. The molecule has 4 nitrogen and oxygen atoms in total. The summed E-state index contributed by atoms with van der Waals surface area (Å²) in [6, 6.07) is 27.3. The SMILES string of the molecule is Cn1c(C(Cc2ccccc2)NC(=O)c2ccccc2)nc2ccccc21. The normalized spacial score (nSPS) is 12.0. The van der Waals surface area contributed by atoms with Crippen molar-refractivity contribution >= 4 is 16.9 Å². The Labute approximate surface area is 158 Å². The first kappa shape index (κ1) is 17.0. The van der Waals surface area contributed by atoms with Crippen LogP contribution in [0.1, 0.15) is 27.8 Å². The van der Waals surface area contributed by atoms with Gasteiger partial charge in [0.1, 0.15) is 5.82 Å². The molecule has 1 N–H and O–H groups in total. The lowest BCUT2D eigenvalue weighted by atomic mass is 10.0. The number of rotatable bonds is 5. The fourth-order valence-electron chi connectivity index (χ4n) is 3.36. The van der Waals surface area contributed by atoms with E-state index in [2.05, 4.69) is 22.0 Å². The number of nitrogens with zero attached hydrogens (tertiary/aromatic N) is 2. The molecule has 4 aromatic rings. The molecule has 0 aliphatic heterocycles. The Hall–Kier alpha value is -3.40. The number of benzene rings is 3. The number of para-hydroxylation sites is 2. The molecule has 1 unspecified atom stereocenters. The molecule has 134 valence electrons. The molecule has 1 aromatic heterocycles. The highest BCUT2D eigenvalue weighted by atomic mass is 16.1. The summed E-state index contributed by atoms with van der Waals surface area (Å²) in [4.78, 5) is 17.6. The van der Waals surface area contributed by atoms with Crippen molar-refractivity contribution < 1.29 is 4.79 Å². The molecule has 0 spiro atoms. The molecule has 0 bridgehead atoms. The van der Waals surface area contributed by atoms with Gasteiger partial charge in [-0.25, -0.2) is 4.98 Å². The van der Waals surface area contributed by atoms with Crippen molar-refractivity contribution in [3.8, 4) is 0 Å². The van der Waals surface area contributed by atoms with Gasteiger partial charge in [0.15, 0.2) is 0 Å². The van der Waals surface area contributed by atoms with E-state index >= 15 is 0 Å². The molecular weight excluding hydrogens is 334 g/mol. The van der Waals surface area contributed by atoms with Crippen molar-refractivity contribution in [1.29, 1.82) is 0 Å². The molecule has 3 aromatic carbocycles. The monoisotopic (exact) mass is 355 g/mol. The highest BCUT2D eigenvalue weighted by molar-refractivity contribution is 5.94. The van der Waals surface area contributed by atoms with Crippen LogP contribution < -0.4 is 5.32 Å². The average molecular weight is 355 g/mol. The fraction of sp³-hybridized carbons (Fsp3) is 0.130. The topological polar surface area (TPSA) is 46.9 Å². The number of amides is 1. The number of aryl methyl sites for hydroxylation is 1. The van der Waals surface area contributed by atoms with Gasteiger partial charge in [-0.3, -0.25) is 4.79 Å². The molecule has 0 aliphatic rings. The minimum Gasteiger partial charge on any atom is -0.342 e. The molecule has 27 heavy (non-hydrogen) atoms. The summed E-state index contributed by atoms with van der Waals surface area (Å²) in [7, 11) is 2.00. The number of hydrogen-bond donors (Lipinski definition) is 1. The molecule has 4 heteroatoms. The number of carbonyl (C=O) groups is 1. The van der Waals surface area contributed by atoms with Gasteiger partial charge in [0, 0.05) is 12.6 Å². The van der Waals surface area contributed by atoms with Crippen LogP contribution in [0.3, 0.4) is 0 Å². The van der Waals surface area contributed by atoms with Gasteiger partial charge in [-0.05, 0) is 36.2 Å². The Balaban J connectivity index is 1.71. The lowest BCUT2D eigenvalue weighted by Gasteiger charge is -2.19. The van der Waals surface area contributed by atoms with Crippen molar-refractivity contribution in [3.63, 3.8) is 0 Å². The van der Waals surface area contributed by atoms with Crippen molar-refractivity contribution in [2.45, 2.75) is 12.5 Å². The third-order valence-electron chi connectivity index (χ3n) is 4.76. The minimum atomic E-state index is -0.225. The maximum atomic E-state index is 12.8. The largest absolute Gasteiger partial charge is 0.342 e. The van der Waals surface area contributed by atoms with Crippen molar-refractivity contribution in [3.05, 3.63) is 102 Å². The summed E-state index contributed by atoms with van der Waals surface area (Å²) in [5.41, 5.74) is 3.79. The number of carbonyl (C=O) groups excluding carboxylic acids is 1. The maximum Gasteiger partial charge on any atom is 0.251 e. The van der Waals surface area contributed by atoms with E-state index in [0.717, 1.165) is 22.4 Å². The van der Waals surface area contributed by atoms with E-state index in [4.69, 9.17) is 4.98 Å². The third kappa shape index (κ3) is 3.60. The molecule has 0 saturated carbocycles. The van der Waals surface area contributed by atoms with E-state index < -0.39 is 0 Å². The second-order valence-electron chi connectivity index (χ2n) is 6.60. The fourth-order valence-corrected chi connectivity index (χ4v) is 3.36. The lowest BCUT2D eigenvalue weighted by molar-refractivity contribution is 0.0934. The van der Waals surface area contributed by atoms with E-state index in [1.807, 2.05) is 79.8 Å². The van der Waals surface area contributed by atoms with Crippen LogP contribution in [0.25, 0.3) is 11.0 Å². The van der Waals surface area contributed by atoms with Crippen LogP contribution in [0.4, 0.5) is 0 Å². The van der Waals surface area contributed by atoms with E-state index in [1.54, 1.807) is 0 Å². The van der Waals surface area contributed by atoms with E-state index in [0.29, 0.717) is 12.0 Å². The van der Waals surface area contributed by atoms with Crippen molar-refractivity contribution in [1.82, 2.24) is 14.9 Å². The van der Waals surface area contributed by atoms with Crippen LogP contribution in [-0.4, -0.2) is 15.5 Å². The molecule has 4 rings (SSSR count). The summed E-state index contributed by atoms with van der Waals surface area (Å²) < 4.78 is 2.06. The zero-order valence-electron chi connectivity index (χ0n) is 15.2. The average Bonchev–Trinajstić information content (AvgIpc) is 3.06. The van der Waals surface area contributed by atoms with Crippen molar-refractivity contribution in [2.24, 2.45) is 7.05 Å². The Morgan fingerprint density at radius 2 is 1.56 bits per heavy atom. The van der Waals surface area contributed by atoms with Gasteiger partial charge in [0.25, 0.3) is 5.91 Å². The number of hydrogen-bond acceptors (Lipinski definition) is 2. The van der Waals surface area contributed by atoms with Crippen LogP contribution in [-0.2, 0) is 13.5 Å². The first-order chi connectivity index (χ1) is 13.2. The standard InChI is InChI=1S/C23H21N3O/c1-26-21-15-9-8-14-19(21)24-22(26)20(16-17-10-4-2-5-11-17)25-23(27)18-12-6-3-7-13-18/h2-15,20H,16H2,1H3,(H,25,27). The Morgan fingerprint density at radius 3 is 2.26 bits per heavy atom. The second kappa shape index (κ2) is 7.46. The van der Waals surface area contributed by atoms with Crippen LogP contribution in [0.15, 0.2) is 84.9 Å². The Kier molecular flexibility index (Phi) is 4.71. The predicted octanol–water partition coefficient (Wildman–Crippen LogP) is 4.29. The van der Waals surface area contributed by atoms with E-state index in [9.17, 15) is 4.79 Å². The second-order valence-corrected chi connectivity index (χ2v) is 6.60. The zero-order chi connectivity index (χ0) is 18.6. The smallest absolute Gasteiger partial charge is 0.251 e. The summed E-state index contributed by atoms with van der Waals surface area (Å²) in [6.07, 6.45) is 0.677. The zero-order valence-corrected chi connectivity index (χ0v) is 15.2. The van der Waals surface area contributed by atoms with Crippen molar-refractivity contribution in [2.75, 3.05) is 0 Å². The van der Waals surface area contributed by atoms with Gasteiger partial charge in [-0.2, -0.15) is 0 Å². The van der Waals surface area contributed by atoms with Gasteiger partial charge in [-0.1, -0.05) is 60.7 Å². The molecular formula is C23H21N3O. The number of imidazole rings is 1. The van der Waals surface area contributed by atoms with E-state index in [1.165, 1.54) is 0 Å². The summed E-state index contributed by atoms with van der Waals surface area (Å²) in [5, 5.41) is 3.18. The Bertz CT molecular complexity index is 1050. The first-order valence-electron chi connectivity index (χ1n) is 9.03. The van der Waals surface area contributed by atoms with Crippen LogP contribution in [0.2, 0.25) is 0 Å². The molecule has 0 saturated heterocycles. The van der Waals surface area contributed by atoms with Crippen LogP contribution in [0, 0.1) is 0 Å². The van der Waals surface area contributed by atoms with Gasteiger partial charge in [0.05, 0.1) is 17.1 Å². The van der Waals surface area contributed by atoms with Gasteiger partial charge in [-0.15, -0.1) is 0 Å². The van der Waals surface area contributed by atoms with Crippen LogP contribution in [0.5, 0.6) is 0 Å². The van der Waals surface area contributed by atoms with Gasteiger partial charge in [0.2, 0.25) is 0 Å². The lowest BCUT2D eigenvalue weighted by Crippen LogP contribution is -2.31. The number of aromatic nitrogens is 2. The molecule has 1 atom stereocenters. The summed E-state index contributed by atoms with van der Waals surface area (Å²) >= 11 is 0. The molecule has 0 radical (unpaired) electrons. The molecule has 0 aliphatic carbocycles. The maximum absolute atomic E-state index is 12.8. The number of fused-ring (bicyclic) bond motifs is 1. The first-order valence-corrected chi connectivity index (χ1v) is 9.03. The molecule has 1 heterocycles.